The largest absolute Gasteiger partial charge is 0.433 e. The Bertz CT molecular complexity index is 1570. The third-order valence-electron chi connectivity index (χ3n) is 6.03. The quantitative estimate of drug-likeness (QED) is 0.278. The number of nitrogens with two attached hydrogens (primary N) is 1. The Morgan fingerprint density at radius 2 is 1.68 bits per heavy atom. The number of anilines is 1. The summed E-state index contributed by atoms with van der Waals surface area (Å²) in [5.41, 5.74) is 7.94. The summed E-state index contributed by atoms with van der Waals surface area (Å²) < 4.78 is 68.1. The van der Waals surface area contributed by atoms with Gasteiger partial charge in [0.15, 0.2) is 5.65 Å². The van der Waals surface area contributed by atoms with Gasteiger partial charge < -0.3 is 5.73 Å². The Morgan fingerprint density at radius 1 is 0.895 bits per heavy atom. The summed E-state index contributed by atoms with van der Waals surface area (Å²) in [6, 6.07) is 8.27. The molecule has 0 amide bonds. The maximum Gasteiger partial charge on any atom is 0.433 e. The SMILES string of the molecule is CC(C)C(c1ccc(C(F)(F)F)nc1)n1cc(-c2cc(-c3ccc(C(F)F)nc3)n3nc(N)nc3c2)cn1. The van der Waals surface area contributed by atoms with Crippen LogP contribution >= 0.6 is 0 Å². The zero-order valence-electron chi connectivity index (χ0n) is 20.1. The van der Waals surface area contributed by atoms with Gasteiger partial charge >= 0.3 is 6.18 Å². The minimum atomic E-state index is -4.53. The molecule has 38 heavy (non-hydrogen) atoms. The molecule has 196 valence electrons. The Balaban J connectivity index is 1.55. The highest BCUT2D eigenvalue weighted by molar-refractivity contribution is 5.74. The number of hydrogen-bond donors (Lipinski definition) is 1. The first-order chi connectivity index (χ1) is 18.0. The Morgan fingerprint density at radius 3 is 2.29 bits per heavy atom. The number of fused-ring (bicyclic) bond motifs is 1. The van der Waals surface area contributed by atoms with E-state index in [0.29, 0.717) is 33.6 Å². The van der Waals surface area contributed by atoms with E-state index < -0.39 is 18.3 Å². The van der Waals surface area contributed by atoms with Crippen LogP contribution in [0.3, 0.4) is 0 Å². The molecule has 1 atom stereocenters. The summed E-state index contributed by atoms with van der Waals surface area (Å²) in [5, 5.41) is 8.69. The molecule has 0 aliphatic carbocycles. The number of pyridine rings is 3. The second-order valence-electron chi connectivity index (χ2n) is 9.01. The molecule has 1 unspecified atom stereocenters. The van der Waals surface area contributed by atoms with Crippen molar-refractivity contribution in [2.75, 3.05) is 5.73 Å². The molecule has 0 aliphatic rings. The van der Waals surface area contributed by atoms with E-state index in [1.165, 1.54) is 35.1 Å². The maximum absolute atomic E-state index is 13.0. The van der Waals surface area contributed by atoms with Gasteiger partial charge in [-0.05, 0) is 47.4 Å². The maximum atomic E-state index is 13.0. The summed E-state index contributed by atoms with van der Waals surface area (Å²) in [4.78, 5) is 11.7. The number of hydrogen-bond acceptors (Lipinski definition) is 6. The summed E-state index contributed by atoms with van der Waals surface area (Å²) in [6.07, 6.45) is -1.28. The average Bonchev–Trinajstić information content (AvgIpc) is 3.49. The number of aromatic nitrogens is 7. The highest BCUT2D eigenvalue weighted by Gasteiger charge is 2.32. The molecule has 0 radical (unpaired) electrons. The molecule has 5 aromatic heterocycles. The lowest BCUT2D eigenvalue weighted by molar-refractivity contribution is -0.141. The van der Waals surface area contributed by atoms with Crippen LogP contribution in [0.15, 0.2) is 61.2 Å². The normalized spacial score (nSPS) is 13.1. The number of nitrogens with zero attached hydrogens (tertiary/aromatic N) is 7. The van der Waals surface area contributed by atoms with Gasteiger partial charge in [0.2, 0.25) is 5.95 Å². The van der Waals surface area contributed by atoms with E-state index in [0.717, 1.165) is 6.07 Å². The highest BCUT2D eigenvalue weighted by atomic mass is 19.4. The molecule has 8 nitrogen and oxygen atoms in total. The fraction of sp³-hybridized carbons (Fsp3) is 0.240. The van der Waals surface area contributed by atoms with E-state index in [1.807, 2.05) is 13.8 Å². The van der Waals surface area contributed by atoms with E-state index in [9.17, 15) is 22.0 Å². The van der Waals surface area contributed by atoms with Crippen LogP contribution in [0.5, 0.6) is 0 Å². The standard InChI is InChI=1S/C25H21F5N8/c1-13(2)22(15-4-6-20(33-10-15)25(28,29)30)37-12-17(11-34-37)16-7-19(38-21(8-16)35-24(31)36-38)14-3-5-18(23(26)27)32-9-14/h3-13,22-23H,1-2H3,(H2,31,36). The van der Waals surface area contributed by atoms with Gasteiger partial charge in [-0.1, -0.05) is 19.9 Å². The van der Waals surface area contributed by atoms with Crippen molar-refractivity contribution < 1.29 is 22.0 Å². The van der Waals surface area contributed by atoms with Gasteiger partial charge in [0.05, 0.1) is 17.9 Å². The van der Waals surface area contributed by atoms with Crippen molar-refractivity contribution in [3.8, 4) is 22.4 Å². The van der Waals surface area contributed by atoms with E-state index >= 15 is 0 Å². The number of nitrogen functional groups attached to an aromatic ring is 1. The lowest BCUT2D eigenvalue weighted by Crippen LogP contribution is -2.18. The van der Waals surface area contributed by atoms with E-state index in [1.54, 1.807) is 29.2 Å². The lowest BCUT2D eigenvalue weighted by Gasteiger charge is -2.22. The second kappa shape index (κ2) is 9.47. The number of rotatable bonds is 6. The van der Waals surface area contributed by atoms with Gasteiger partial charge in [-0.3, -0.25) is 14.6 Å². The van der Waals surface area contributed by atoms with E-state index in [-0.39, 0.29) is 23.6 Å². The van der Waals surface area contributed by atoms with Crippen molar-refractivity contribution in [1.29, 1.82) is 0 Å². The topological polar surface area (TPSA) is 99.8 Å². The van der Waals surface area contributed by atoms with Gasteiger partial charge in [-0.25, -0.2) is 13.3 Å². The lowest BCUT2D eigenvalue weighted by atomic mass is 9.97. The minimum absolute atomic E-state index is 0.0185. The fourth-order valence-corrected chi connectivity index (χ4v) is 4.29. The molecule has 0 saturated heterocycles. The van der Waals surface area contributed by atoms with Gasteiger partial charge in [-0.2, -0.15) is 23.3 Å². The summed E-state index contributed by atoms with van der Waals surface area (Å²) >= 11 is 0. The summed E-state index contributed by atoms with van der Waals surface area (Å²) in [7, 11) is 0. The zero-order chi connectivity index (χ0) is 27.2. The molecule has 5 aromatic rings. The van der Waals surface area contributed by atoms with Crippen molar-refractivity contribution in [2.45, 2.75) is 32.5 Å². The molecule has 5 rings (SSSR count). The van der Waals surface area contributed by atoms with Crippen LogP contribution in [0.4, 0.5) is 27.9 Å². The Kier molecular flexibility index (Phi) is 6.29. The Hall–Kier alpha value is -4.42. The second-order valence-corrected chi connectivity index (χ2v) is 9.01. The molecule has 0 saturated carbocycles. The zero-order valence-corrected chi connectivity index (χ0v) is 20.1. The van der Waals surface area contributed by atoms with Gasteiger partial charge in [0.25, 0.3) is 6.43 Å². The van der Waals surface area contributed by atoms with Crippen molar-refractivity contribution in [3.05, 3.63) is 78.1 Å². The molecular formula is C25H21F5N8. The van der Waals surface area contributed by atoms with Crippen LogP contribution < -0.4 is 5.73 Å². The van der Waals surface area contributed by atoms with Gasteiger partial charge in [0, 0.05) is 29.7 Å². The van der Waals surface area contributed by atoms with Crippen molar-refractivity contribution in [3.63, 3.8) is 0 Å². The first-order valence-corrected chi connectivity index (χ1v) is 11.5. The van der Waals surface area contributed by atoms with E-state index in [2.05, 4.69) is 25.1 Å². The van der Waals surface area contributed by atoms with Crippen LogP contribution in [-0.2, 0) is 6.18 Å². The van der Waals surface area contributed by atoms with Crippen LogP contribution in [0.25, 0.3) is 28.0 Å². The Labute approximate surface area is 213 Å². The fourth-order valence-electron chi connectivity index (χ4n) is 4.29. The predicted molar refractivity (Wildman–Crippen MR) is 129 cm³/mol. The van der Waals surface area contributed by atoms with Crippen LogP contribution in [0, 0.1) is 5.92 Å². The third kappa shape index (κ3) is 4.78. The molecule has 13 heteroatoms. The van der Waals surface area contributed by atoms with Crippen molar-refractivity contribution in [2.24, 2.45) is 5.92 Å². The van der Waals surface area contributed by atoms with E-state index in [4.69, 9.17) is 5.73 Å². The summed E-state index contributed by atoms with van der Waals surface area (Å²) in [6.45, 7) is 3.87. The summed E-state index contributed by atoms with van der Waals surface area (Å²) in [5.74, 6) is 0.0148. The van der Waals surface area contributed by atoms with Crippen LogP contribution in [0.2, 0.25) is 0 Å². The van der Waals surface area contributed by atoms with Crippen molar-refractivity contribution in [1.82, 2.24) is 34.3 Å². The molecule has 0 aromatic carbocycles. The molecule has 0 fully saturated rings. The molecule has 2 N–H and O–H groups in total. The number of alkyl halides is 5. The van der Waals surface area contributed by atoms with Gasteiger partial charge in [-0.15, -0.1) is 5.10 Å². The predicted octanol–water partition coefficient (Wildman–Crippen LogP) is 5.83. The van der Waals surface area contributed by atoms with Crippen LogP contribution in [0.1, 0.15) is 43.3 Å². The van der Waals surface area contributed by atoms with Crippen LogP contribution in [-0.4, -0.2) is 34.3 Å². The monoisotopic (exact) mass is 528 g/mol. The first-order valence-electron chi connectivity index (χ1n) is 11.5. The molecule has 0 bridgehead atoms. The minimum Gasteiger partial charge on any atom is -0.366 e. The first kappa shape index (κ1) is 25.2. The number of halogens is 5. The smallest absolute Gasteiger partial charge is 0.366 e. The molecule has 5 heterocycles. The highest BCUT2D eigenvalue weighted by Crippen LogP contribution is 2.33. The molecular weight excluding hydrogens is 507 g/mol. The molecule has 0 spiro atoms. The average molecular weight is 528 g/mol. The third-order valence-corrected chi connectivity index (χ3v) is 6.03. The van der Waals surface area contributed by atoms with Gasteiger partial charge in [0.1, 0.15) is 11.4 Å². The molecule has 0 aliphatic heterocycles. The van der Waals surface area contributed by atoms with Crippen molar-refractivity contribution >= 4 is 11.6 Å².